The zero-order valence-electron chi connectivity index (χ0n) is 8.56. The summed E-state index contributed by atoms with van der Waals surface area (Å²) in [6.45, 7) is 11.4. The lowest BCUT2D eigenvalue weighted by molar-refractivity contribution is -0.0472. The van der Waals surface area contributed by atoms with Crippen LogP contribution in [0.2, 0.25) is 0 Å². The van der Waals surface area contributed by atoms with E-state index < -0.39 is 0 Å². The van der Waals surface area contributed by atoms with Crippen molar-refractivity contribution in [2.24, 2.45) is 23.2 Å². The predicted octanol–water partition coefficient (Wildman–Crippen LogP) is 3.63. The Morgan fingerprint density at radius 1 is 1.42 bits per heavy atom. The summed E-state index contributed by atoms with van der Waals surface area (Å²) in [6.07, 6.45) is 4.16. The van der Waals surface area contributed by atoms with E-state index in [-0.39, 0.29) is 0 Å². The minimum atomic E-state index is 0.586. The Labute approximate surface area is 76.1 Å². The lowest BCUT2D eigenvalue weighted by Gasteiger charge is -2.60. The molecule has 3 atom stereocenters. The van der Waals surface area contributed by atoms with Gasteiger partial charge in [-0.05, 0) is 42.4 Å². The topological polar surface area (TPSA) is 0 Å². The second kappa shape index (κ2) is 2.37. The fourth-order valence-corrected chi connectivity index (χ4v) is 3.25. The molecule has 0 heteroatoms. The maximum atomic E-state index is 4.28. The van der Waals surface area contributed by atoms with Gasteiger partial charge in [-0.2, -0.15) is 0 Å². The Bertz CT molecular complexity index is 212. The quantitative estimate of drug-likeness (QED) is 0.519. The molecule has 12 heavy (non-hydrogen) atoms. The van der Waals surface area contributed by atoms with Crippen molar-refractivity contribution in [3.05, 3.63) is 12.2 Å². The first-order chi connectivity index (χ1) is 5.57. The highest BCUT2D eigenvalue weighted by Crippen LogP contribution is 2.62. The van der Waals surface area contributed by atoms with Crippen LogP contribution in [0.15, 0.2) is 12.2 Å². The van der Waals surface area contributed by atoms with E-state index in [1.54, 1.807) is 5.57 Å². The highest BCUT2D eigenvalue weighted by atomic mass is 14.6. The summed E-state index contributed by atoms with van der Waals surface area (Å²) >= 11 is 0. The van der Waals surface area contributed by atoms with Crippen LogP contribution in [-0.2, 0) is 0 Å². The smallest absolute Gasteiger partial charge is 0.0146 e. The molecule has 0 heterocycles. The lowest BCUT2D eigenvalue weighted by atomic mass is 9.45. The van der Waals surface area contributed by atoms with Crippen molar-refractivity contribution in [1.29, 1.82) is 0 Å². The number of hydrogen-bond acceptors (Lipinski definition) is 0. The minimum absolute atomic E-state index is 0.586. The van der Waals surface area contributed by atoms with Crippen molar-refractivity contribution >= 4 is 0 Å². The molecule has 68 valence electrons. The van der Waals surface area contributed by atoms with Crippen LogP contribution in [0.5, 0.6) is 0 Å². The molecule has 0 aromatic carbocycles. The Morgan fingerprint density at radius 2 is 2.08 bits per heavy atom. The molecule has 3 aliphatic carbocycles. The number of allylic oxidation sites excluding steroid dienone is 1. The van der Waals surface area contributed by atoms with Crippen molar-refractivity contribution in [2.45, 2.75) is 40.0 Å². The molecule has 0 spiro atoms. The van der Waals surface area contributed by atoms with Gasteiger partial charge in [-0.25, -0.2) is 0 Å². The van der Waals surface area contributed by atoms with Crippen molar-refractivity contribution < 1.29 is 0 Å². The van der Waals surface area contributed by atoms with Gasteiger partial charge in [0.25, 0.3) is 0 Å². The molecule has 0 nitrogen and oxygen atoms in total. The van der Waals surface area contributed by atoms with E-state index in [1.165, 1.54) is 19.3 Å². The van der Waals surface area contributed by atoms with Crippen molar-refractivity contribution in [2.75, 3.05) is 0 Å². The summed E-state index contributed by atoms with van der Waals surface area (Å²) in [4.78, 5) is 0. The second-order valence-electron chi connectivity index (χ2n) is 5.22. The monoisotopic (exact) mass is 164 g/mol. The van der Waals surface area contributed by atoms with Crippen LogP contribution in [0.3, 0.4) is 0 Å². The Morgan fingerprint density at radius 3 is 2.50 bits per heavy atom. The first-order valence-corrected chi connectivity index (χ1v) is 5.26. The molecule has 3 aliphatic rings. The van der Waals surface area contributed by atoms with Gasteiger partial charge in [0.05, 0.1) is 0 Å². The third-order valence-electron chi connectivity index (χ3n) is 4.50. The zero-order chi connectivity index (χ0) is 8.93. The van der Waals surface area contributed by atoms with Gasteiger partial charge in [0.2, 0.25) is 0 Å². The van der Waals surface area contributed by atoms with Crippen LogP contribution < -0.4 is 0 Å². The molecular weight excluding hydrogens is 144 g/mol. The van der Waals surface area contributed by atoms with Gasteiger partial charge in [-0.15, -0.1) is 0 Å². The summed E-state index contributed by atoms with van der Waals surface area (Å²) < 4.78 is 0. The van der Waals surface area contributed by atoms with Gasteiger partial charge in [0.1, 0.15) is 0 Å². The first kappa shape index (κ1) is 8.34. The maximum absolute atomic E-state index is 4.28. The Hall–Kier alpha value is -0.260. The van der Waals surface area contributed by atoms with Crippen molar-refractivity contribution in [3.8, 4) is 0 Å². The van der Waals surface area contributed by atoms with Crippen LogP contribution in [-0.4, -0.2) is 0 Å². The van der Waals surface area contributed by atoms with E-state index in [0.29, 0.717) is 5.41 Å². The number of fused-ring (bicyclic) bond motifs is 2. The highest BCUT2D eigenvalue weighted by Gasteiger charge is 2.53. The highest BCUT2D eigenvalue weighted by molar-refractivity contribution is 5.21. The maximum Gasteiger partial charge on any atom is -0.0146 e. The van der Waals surface area contributed by atoms with Crippen LogP contribution in [0.1, 0.15) is 40.0 Å². The standard InChI is InChI=1S/C12H20/c1-5-9-6-10-7-11(8(9)2)12(10,3)4/h9-11H,2,5-7H2,1,3-4H3/t9-,10+,11+/m0/s1. The largest absolute Gasteiger partial charge is 0.0993 e. The van der Waals surface area contributed by atoms with E-state index in [0.717, 1.165) is 17.8 Å². The number of hydrogen-bond donors (Lipinski definition) is 0. The normalized spacial score (nSPS) is 43.9. The summed E-state index contributed by atoms with van der Waals surface area (Å²) in [6, 6.07) is 0. The molecule has 0 N–H and O–H groups in total. The molecule has 0 unspecified atom stereocenters. The third-order valence-corrected chi connectivity index (χ3v) is 4.50. The molecule has 0 aromatic rings. The van der Waals surface area contributed by atoms with E-state index in [9.17, 15) is 0 Å². The van der Waals surface area contributed by atoms with Crippen LogP contribution >= 0.6 is 0 Å². The third kappa shape index (κ3) is 0.841. The molecule has 0 aliphatic heterocycles. The van der Waals surface area contributed by atoms with Crippen LogP contribution in [0, 0.1) is 23.2 Å². The molecule has 3 rings (SSSR count). The van der Waals surface area contributed by atoms with Crippen LogP contribution in [0.25, 0.3) is 0 Å². The van der Waals surface area contributed by atoms with E-state index in [1.807, 2.05) is 0 Å². The fourth-order valence-electron chi connectivity index (χ4n) is 3.25. The first-order valence-electron chi connectivity index (χ1n) is 5.26. The van der Waals surface area contributed by atoms with E-state index in [2.05, 4.69) is 27.4 Å². The summed E-state index contributed by atoms with van der Waals surface area (Å²) in [5.74, 6) is 2.70. The van der Waals surface area contributed by atoms with E-state index >= 15 is 0 Å². The van der Waals surface area contributed by atoms with Gasteiger partial charge < -0.3 is 0 Å². The summed E-state index contributed by atoms with van der Waals surface area (Å²) in [5, 5.41) is 0. The Balaban J connectivity index is 2.17. The van der Waals surface area contributed by atoms with Crippen molar-refractivity contribution in [3.63, 3.8) is 0 Å². The molecule has 0 saturated heterocycles. The van der Waals surface area contributed by atoms with Gasteiger partial charge in [0, 0.05) is 0 Å². The second-order valence-corrected chi connectivity index (χ2v) is 5.22. The van der Waals surface area contributed by atoms with E-state index in [4.69, 9.17) is 0 Å². The Kier molecular flexibility index (Phi) is 1.65. The van der Waals surface area contributed by atoms with Gasteiger partial charge in [0.15, 0.2) is 0 Å². The SMILES string of the molecule is C=C1[C@@H](CC)C[C@@H]2C[C@H]1C2(C)C. The fraction of sp³-hybridized carbons (Fsp3) is 0.833. The number of rotatable bonds is 1. The average Bonchev–Trinajstić information content (AvgIpc) is 2.03. The average molecular weight is 164 g/mol. The molecule has 0 aromatic heterocycles. The van der Waals surface area contributed by atoms with Gasteiger partial charge in [-0.1, -0.05) is 32.9 Å². The molecule has 0 amide bonds. The lowest BCUT2D eigenvalue weighted by Crippen LogP contribution is -2.51. The van der Waals surface area contributed by atoms with Gasteiger partial charge in [-0.3, -0.25) is 0 Å². The molecule has 3 saturated carbocycles. The minimum Gasteiger partial charge on any atom is -0.0993 e. The zero-order valence-corrected chi connectivity index (χ0v) is 8.56. The molecule has 2 bridgehead atoms. The summed E-state index contributed by atoms with van der Waals surface area (Å²) in [5.41, 5.74) is 2.15. The van der Waals surface area contributed by atoms with Crippen molar-refractivity contribution in [1.82, 2.24) is 0 Å². The molecule has 0 radical (unpaired) electrons. The van der Waals surface area contributed by atoms with Crippen LogP contribution in [0.4, 0.5) is 0 Å². The van der Waals surface area contributed by atoms with Gasteiger partial charge >= 0.3 is 0 Å². The molecule has 3 fully saturated rings. The summed E-state index contributed by atoms with van der Waals surface area (Å²) in [7, 11) is 0. The predicted molar refractivity (Wildman–Crippen MR) is 52.9 cm³/mol. The molecular formula is C12H20.